The molecule has 2 N–H and O–H groups in total. The Kier molecular flexibility index (Phi) is 5.33. The molecule has 1 aliphatic rings. The van der Waals surface area contributed by atoms with E-state index in [4.69, 9.17) is 4.84 Å². The highest BCUT2D eigenvalue weighted by Gasteiger charge is 2.16. The van der Waals surface area contributed by atoms with Crippen molar-refractivity contribution in [1.82, 2.24) is 4.73 Å². The number of rotatable bonds is 6. The lowest BCUT2D eigenvalue weighted by molar-refractivity contribution is -0.145. The van der Waals surface area contributed by atoms with E-state index in [1.807, 2.05) is 21.6 Å². The maximum absolute atomic E-state index is 11.5. The van der Waals surface area contributed by atoms with Gasteiger partial charge in [0.05, 0.1) is 0 Å². The first kappa shape index (κ1) is 14.5. The number of unbranched alkanes of at least 4 members (excludes halogenated alkanes) is 1. The minimum atomic E-state index is -0.449. The molecule has 0 unspecified atom stereocenters. The molecular formula is C12H17NO4S2. The zero-order valence-electron chi connectivity index (χ0n) is 10.4. The SMILES string of the molecule is O=C(CCCC[C@@H]1CCSS1)On1c(O)ccc1O. The lowest BCUT2D eigenvalue weighted by atomic mass is 10.1. The van der Waals surface area contributed by atoms with Gasteiger partial charge in [-0.25, -0.2) is 4.79 Å². The van der Waals surface area contributed by atoms with Gasteiger partial charge < -0.3 is 15.1 Å². The van der Waals surface area contributed by atoms with Gasteiger partial charge in [0, 0.05) is 29.6 Å². The van der Waals surface area contributed by atoms with Gasteiger partial charge in [-0.05, 0) is 19.3 Å². The Labute approximate surface area is 119 Å². The van der Waals surface area contributed by atoms with E-state index in [0.717, 1.165) is 29.2 Å². The van der Waals surface area contributed by atoms with Crippen LogP contribution >= 0.6 is 21.6 Å². The topological polar surface area (TPSA) is 71.7 Å². The normalized spacial score (nSPS) is 18.6. The molecule has 7 heteroatoms. The molecule has 106 valence electrons. The molecule has 5 nitrogen and oxygen atoms in total. The summed E-state index contributed by atoms with van der Waals surface area (Å²) < 4.78 is 0.728. The Morgan fingerprint density at radius 3 is 2.74 bits per heavy atom. The Bertz CT molecular complexity index is 410. The van der Waals surface area contributed by atoms with E-state index in [0.29, 0.717) is 6.42 Å². The first-order valence-corrected chi connectivity index (χ1v) is 8.64. The van der Waals surface area contributed by atoms with Crippen LogP contribution in [0.4, 0.5) is 0 Å². The molecule has 19 heavy (non-hydrogen) atoms. The van der Waals surface area contributed by atoms with Gasteiger partial charge in [0.1, 0.15) is 0 Å². The van der Waals surface area contributed by atoms with E-state index in [9.17, 15) is 15.0 Å². The third-order valence-corrected chi connectivity index (χ3v) is 5.88. The summed E-state index contributed by atoms with van der Waals surface area (Å²) in [6.07, 6.45) is 4.44. The maximum Gasteiger partial charge on any atom is 0.333 e. The number of aromatic nitrogens is 1. The molecule has 0 aliphatic carbocycles. The monoisotopic (exact) mass is 303 g/mol. The van der Waals surface area contributed by atoms with Crippen LogP contribution < -0.4 is 4.84 Å². The molecule has 2 heterocycles. The summed E-state index contributed by atoms with van der Waals surface area (Å²) in [7, 11) is 3.86. The second-order valence-corrected chi connectivity index (χ2v) is 7.17. The summed E-state index contributed by atoms with van der Waals surface area (Å²) in [5.74, 6) is 0.203. The number of carbonyl (C=O) groups excluding carboxylic acids is 1. The van der Waals surface area contributed by atoms with Crippen molar-refractivity contribution >= 4 is 27.6 Å². The quantitative estimate of drug-likeness (QED) is 0.621. The molecule has 2 rings (SSSR count). The molecule has 0 saturated carbocycles. The summed E-state index contributed by atoms with van der Waals surface area (Å²) in [5.41, 5.74) is 0. The van der Waals surface area contributed by atoms with E-state index in [2.05, 4.69) is 0 Å². The Morgan fingerprint density at radius 1 is 1.37 bits per heavy atom. The minimum absolute atomic E-state index is 0.287. The number of carbonyl (C=O) groups is 1. The summed E-state index contributed by atoms with van der Waals surface area (Å²) in [6.45, 7) is 0. The molecule has 0 bridgehead atoms. The summed E-state index contributed by atoms with van der Waals surface area (Å²) in [5, 5.41) is 19.4. The van der Waals surface area contributed by atoms with Crippen LogP contribution in [0.2, 0.25) is 0 Å². The zero-order chi connectivity index (χ0) is 13.7. The third-order valence-electron chi connectivity index (χ3n) is 2.88. The van der Waals surface area contributed by atoms with Crippen LogP contribution in [0.5, 0.6) is 11.8 Å². The van der Waals surface area contributed by atoms with Gasteiger partial charge in [0.25, 0.3) is 0 Å². The number of hydrogen-bond acceptors (Lipinski definition) is 6. The highest BCUT2D eigenvalue weighted by atomic mass is 33.1. The molecule has 1 aromatic heterocycles. The van der Waals surface area contributed by atoms with E-state index < -0.39 is 5.97 Å². The number of hydrogen-bond donors (Lipinski definition) is 2. The van der Waals surface area contributed by atoms with E-state index in [1.54, 1.807) is 0 Å². The summed E-state index contributed by atoms with van der Waals surface area (Å²) >= 11 is 0. The highest BCUT2D eigenvalue weighted by molar-refractivity contribution is 8.77. The van der Waals surface area contributed by atoms with Crippen molar-refractivity contribution in [1.29, 1.82) is 0 Å². The second kappa shape index (κ2) is 7.00. The fraction of sp³-hybridized carbons (Fsp3) is 0.583. The van der Waals surface area contributed by atoms with Crippen LogP contribution in [-0.4, -0.2) is 31.9 Å². The molecule has 1 saturated heterocycles. The molecular weight excluding hydrogens is 286 g/mol. The Morgan fingerprint density at radius 2 is 2.11 bits per heavy atom. The average Bonchev–Trinajstić information content (AvgIpc) is 3.00. The molecule has 0 aromatic carbocycles. The van der Waals surface area contributed by atoms with Crippen molar-refractivity contribution in [3.05, 3.63) is 12.1 Å². The lowest BCUT2D eigenvalue weighted by Crippen LogP contribution is -2.18. The van der Waals surface area contributed by atoms with Crippen molar-refractivity contribution in [2.24, 2.45) is 0 Å². The molecule has 1 fully saturated rings. The lowest BCUT2D eigenvalue weighted by Gasteiger charge is -2.08. The third kappa shape index (κ3) is 4.28. The van der Waals surface area contributed by atoms with E-state index in [-0.39, 0.29) is 11.8 Å². The smallest absolute Gasteiger partial charge is 0.333 e. The van der Waals surface area contributed by atoms with E-state index >= 15 is 0 Å². The predicted molar refractivity (Wildman–Crippen MR) is 76.3 cm³/mol. The minimum Gasteiger partial charge on any atom is -0.492 e. The molecule has 1 aliphatic heterocycles. The predicted octanol–water partition coefficient (Wildman–Crippen LogP) is 2.57. The fourth-order valence-corrected chi connectivity index (χ4v) is 4.88. The number of aromatic hydroxyl groups is 2. The van der Waals surface area contributed by atoms with Crippen molar-refractivity contribution in [2.75, 3.05) is 5.75 Å². The van der Waals surface area contributed by atoms with Crippen LogP contribution in [0, 0.1) is 0 Å². The van der Waals surface area contributed by atoms with Gasteiger partial charge in [0.15, 0.2) is 0 Å². The van der Waals surface area contributed by atoms with E-state index in [1.165, 1.54) is 24.3 Å². The van der Waals surface area contributed by atoms with Crippen molar-refractivity contribution < 1.29 is 19.8 Å². The second-order valence-electron chi connectivity index (χ2n) is 4.38. The Balaban J connectivity index is 1.64. The Hall–Kier alpha value is -0.950. The molecule has 1 atom stereocenters. The summed E-state index contributed by atoms with van der Waals surface area (Å²) in [6, 6.07) is 2.52. The van der Waals surface area contributed by atoms with Crippen molar-refractivity contribution in [3.8, 4) is 11.8 Å². The van der Waals surface area contributed by atoms with Crippen LogP contribution in [0.3, 0.4) is 0 Å². The number of nitrogens with zero attached hydrogens (tertiary/aromatic N) is 1. The van der Waals surface area contributed by atoms with Crippen LogP contribution in [0.15, 0.2) is 12.1 Å². The standard InChI is InChI=1S/C12H17NO4S2/c14-10-5-6-11(15)13(10)17-12(16)4-2-1-3-9-7-8-18-19-9/h5-6,9,14-15H,1-4,7-8H2/t9-/m1/s1. The first-order valence-electron chi connectivity index (χ1n) is 6.26. The van der Waals surface area contributed by atoms with Gasteiger partial charge in [-0.2, -0.15) is 0 Å². The molecule has 0 radical (unpaired) electrons. The van der Waals surface area contributed by atoms with Crippen LogP contribution in [0.25, 0.3) is 0 Å². The van der Waals surface area contributed by atoms with Gasteiger partial charge >= 0.3 is 5.97 Å². The zero-order valence-corrected chi connectivity index (χ0v) is 12.1. The first-order chi connectivity index (χ1) is 9.16. The van der Waals surface area contributed by atoms with Crippen molar-refractivity contribution in [3.63, 3.8) is 0 Å². The van der Waals surface area contributed by atoms with Crippen LogP contribution in [0.1, 0.15) is 32.1 Å². The van der Waals surface area contributed by atoms with Crippen molar-refractivity contribution in [2.45, 2.75) is 37.4 Å². The summed E-state index contributed by atoms with van der Waals surface area (Å²) in [4.78, 5) is 16.4. The van der Waals surface area contributed by atoms with Gasteiger partial charge in [-0.3, -0.25) is 0 Å². The van der Waals surface area contributed by atoms with Gasteiger partial charge in [-0.1, -0.05) is 28.0 Å². The highest BCUT2D eigenvalue weighted by Crippen LogP contribution is 2.39. The maximum atomic E-state index is 11.5. The fourth-order valence-electron chi connectivity index (χ4n) is 1.85. The molecule has 0 spiro atoms. The average molecular weight is 303 g/mol. The van der Waals surface area contributed by atoms with Gasteiger partial charge in [0.2, 0.25) is 11.8 Å². The van der Waals surface area contributed by atoms with Crippen LogP contribution in [-0.2, 0) is 4.79 Å². The van der Waals surface area contributed by atoms with Gasteiger partial charge in [-0.15, -0.1) is 4.73 Å². The molecule has 0 amide bonds. The molecule has 1 aromatic rings. The largest absolute Gasteiger partial charge is 0.492 e.